The van der Waals surface area contributed by atoms with Gasteiger partial charge in [-0.2, -0.15) is 22.0 Å². The van der Waals surface area contributed by atoms with Gasteiger partial charge in [0.1, 0.15) is 5.75 Å². The normalized spacial score (nSPS) is 18.9. The topological polar surface area (TPSA) is 119 Å². The van der Waals surface area contributed by atoms with E-state index in [-0.39, 0.29) is 31.1 Å². The average Bonchev–Trinajstić information content (AvgIpc) is 2.84. The molecule has 222 valence electrons. The first kappa shape index (κ1) is 30.9. The molecule has 0 unspecified atom stereocenters. The highest BCUT2D eigenvalue weighted by Crippen LogP contribution is 2.44. The number of amides is 4. The van der Waals surface area contributed by atoms with Gasteiger partial charge in [-0.3, -0.25) is 14.4 Å². The zero-order valence-corrected chi connectivity index (χ0v) is 22.3. The molecule has 1 aromatic rings. The lowest BCUT2D eigenvalue weighted by Gasteiger charge is -2.42. The molecule has 1 aromatic carbocycles. The molecule has 15 heteroatoms. The number of nitrogens with one attached hydrogen (secondary N) is 1. The third-order valence-corrected chi connectivity index (χ3v) is 6.74. The summed E-state index contributed by atoms with van der Waals surface area (Å²) < 4.78 is 73.6. The van der Waals surface area contributed by atoms with Crippen LogP contribution in [-0.4, -0.2) is 89.0 Å². The molecule has 1 fully saturated rings. The van der Waals surface area contributed by atoms with Crippen LogP contribution in [-0.2, 0) is 15.8 Å². The minimum atomic E-state index is -5.01. The number of anilines is 1. The van der Waals surface area contributed by atoms with Crippen LogP contribution in [0.15, 0.2) is 12.1 Å². The van der Waals surface area contributed by atoms with Crippen molar-refractivity contribution in [2.45, 2.75) is 70.8 Å². The lowest BCUT2D eigenvalue weighted by Crippen LogP contribution is -2.55. The number of rotatable bonds is 7. The average molecular weight is 579 g/mol. The second-order valence-electron chi connectivity index (χ2n) is 10.4. The van der Waals surface area contributed by atoms with Crippen LogP contribution < -0.4 is 15.0 Å². The van der Waals surface area contributed by atoms with Gasteiger partial charge in [0.25, 0.3) is 17.7 Å². The number of carbonyl (C=O) groups is 4. The Hall–Kier alpha value is -3.65. The van der Waals surface area contributed by atoms with Crippen molar-refractivity contribution < 1.29 is 51.0 Å². The van der Waals surface area contributed by atoms with Crippen molar-refractivity contribution in [3.05, 3.63) is 23.3 Å². The van der Waals surface area contributed by atoms with Crippen LogP contribution in [0.4, 0.5) is 32.4 Å². The van der Waals surface area contributed by atoms with Crippen LogP contribution >= 0.6 is 0 Å². The van der Waals surface area contributed by atoms with E-state index < -0.39 is 71.8 Å². The minimum Gasteiger partial charge on any atom is -0.476 e. The van der Waals surface area contributed by atoms with Crippen molar-refractivity contribution >= 4 is 29.5 Å². The van der Waals surface area contributed by atoms with E-state index in [1.807, 2.05) is 5.32 Å². The van der Waals surface area contributed by atoms with Crippen LogP contribution in [0, 0.1) is 0 Å². The number of piperidine rings is 1. The molecule has 10 nitrogen and oxygen atoms in total. The Bertz CT molecular complexity index is 1170. The molecule has 1 saturated heterocycles. The van der Waals surface area contributed by atoms with Crippen LogP contribution in [0.2, 0.25) is 0 Å². The van der Waals surface area contributed by atoms with Gasteiger partial charge < -0.3 is 29.9 Å². The Balaban J connectivity index is 2.09. The first-order chi connectivity index (χ1) is 18.5. The summed E-state index contributed by atoms with van der Waals surface area (Å²) in [6, 6.07) is 0.174. The zero-order chi connectivity index (χ0) is 30.2. The van der Waals surface area contributed by atoms with Gasteiger partial charge in [0.05, 0.1) is 22.9 Å². The van der Waals surface area contributed by atoms with Crippen LogP contribution in [0.25, 0.3) is 0 Å². The molecule has 2 aliphatic heterocycles. The maximum atomic E-state index is 14.3. The van der Waals surface area contributed by atoms with Crippen LogP contribution in [0.5, 0.6) is 5.75 Å². The molecule has 40 heavy (non-hydrogen) atoms. The van der Waals surface area contributed by atoms with E-state index in [1.165, 1.54) is 18.7 Å². The van der Waals surface area contributed by atoms with Crippen LogP contribution in [0.3, 0.4) is 0 Å². The van der Waals surface area contributed by atoms with Gasteiger partial charge in [0.15, 0.2) is 5.60 Å². The van der Waals surface area contributed by atoms with Crippen molar-refractivity contribution in [3.8, 4) is 5.75 Å². The fraction of sp³-hybridized carbons (Fsp3) is 0.600. The molecule has 0 bridgehead atoms. The third-order valence-electron chi connectivity index (χ3n) is 6.74. The van der Waals surface area contributed by atoms with E-state index in [0.717, 1.165) is 15.9 Å². The quantitative estimate of drug-likeness (QED) is 0.478. The number of ether oxygens (including phenoxy) is 1. The lowest BCUT2D eigenvalue weighted by atomic mass is 9.96. The van der Waals surface area contributed by atoms with Crippen molar-refractivity contribution in [2.75, 3.05) is 31.1 Å². The zero-order valence-electron chi connectivity index (χ0n) is 22.3. The number of likely N-dealkylation sites (tertiary alicyclic amines) is 1. The summed E-state index contributed by atoms with van der Waals surface area (Å²) in [5.74, 6) is -3.70. The molecule has 2 N–H and O–H groups in total. The van der Waals surface area contributed by atoms with Crippen molar-refractivity contribution in [1.29, 1.82) is 0 Å². The number of halogens is 5. The van der Waals surface area contributed by atoms with Gasteiger partial charge >= 0.3 is 18.7 Å². The number of carbonyl (C=O) groups excluding carboxylic acids is 3. The molecule has 2 aliphatic rings. The Labute approximate surface area is 227 Å². The smallest absolute Gasteiger partial charge is 0.417 e. The van der Waals surface area contributed by atoms with E-state index in [4.69, 9.17) is 4.74 Å². The predicted octanol–water partition coefficient (Wildman–Crippen LogP) is 3.58. The molecule has 1 atom stereocenters. The fourth-order valence-corrected chi connectivity index (χ4v) is 4.93. The predicted molar refractivity (Wildman–Crippen MR) is 131 cm³/mol. The Morgan fingerprint density at radius 3 is 2.42 bits per heavy atom. The molecule has 0 spiro atoms. The van der Waals surface area contributed by atoms with E-state index in [1.54, 1.807) is 13.8 Å². The van der Waals surface area contributed by atoms with Gasteiger partial charge in [-0.05, 0) is 52.7 Å². The monoisotopic (exact) mass is 578 g/mol. The molecular weight excluding hydrogens is 547 g/mol. The second-order valence-corrected chi connectivity index (χ2v) is 10.4. The number of carboxylic acid groups (broad SMARTS) is 1. The summed E-state index contributed by atoms with van der Waals surface area (Å²) in [6.07, 6.45) is -8.75. The van der Waals surface area contributed by atoms with Gasteiger partial charge in [-0.25, -0.2) is 4.79 Å². The largest absolute Gasteiger partial charge is 0.476 e. The highest BCUT2D eigenvalue weighted by Gasteiger charge is 2.45. The summed E-state index contributed by atoms with van der Waals surface area (Å²) in [5.41, 5.74) is -3.94. The summed E-state index contributed by atoms with van der Waals surface area (Å²) in [6.45, 7) is 5.12. The maximum Gasteiger partial charge on any atom is 0.417 e. The number of hydrogen-bond acceptors (Lipinski definition) is 5. The van der Waals surface area contributed by atoms with E-state index in [2.05, 4.69) is 0 Å². The second kappa shape index (κ2) is 11.5. The lowest BCUT2D eigenvalue weighted by molar-refractivity contribution is -0.138. The first-order valence-electron chi connectivity index (χ1n) is 12.6. The minimum absolute atomic E-state index is 0.0860. The highest BCUT2D eigenvalue weighted by atomic mass is 19.4. The summed E-state index contributed by atoms with van der Waals surface area (Å²) >= 11 is 0. The van der Waals surface area contributed by atoms with Gasteiger partial charge in [0, 0.05) is 32.2 Å². The number of benzene rings is 1. The summed E-state index contributed by atoms with van der Waals surface area (Å²) in [5, 5.41) is 11.3. The third kappa shape index (κ3) is 6.39. The molecular formula is C25H31F5N4O6. The van der Waals surface area contributed by atoms with Gasteiger partial charge in [-0.15, -0.1) is 0 Å². The van der Waals surface area contributed by atoms with Crippen LogP contribution in [0.1, 0.15) is 56.5 Å². The Kier molecular flexibility index (Phi) is 8.84. The van der Waals surface area contributed by atoms with Crippen molar-refractivity contribution in [3.63, 3.8) is 0 Å². The molecule has 4 amide bonds. The highest BCUT2D eigenvalue weighted by molar-refractivity contribution is 6.05. The van der Waals surface area contributed by atoms with Crippen molar-refractivity contribution in [2.24, 2.45) is 0 Å². The standard InChI is InChI=1S/C25H31F5N4O6/c1-13(2)34(14-6-5-8-32(12-14)23(38)39)21(36)15-10-17-18(11-16(15)25(28,29)30)40-24(3,4)22(37)33(17)9-7-31-20(35)19(26)27/h10-11,13-14,19H,5-9,12H2,1-4H3,(H,31,35)(H,38,39)/t14-/m1/s1. The number of fused-ring (bicyclic) bond motifs is 1. The molecule has 0 aromatic heterocycles. The van der Waals surface area contributed by atoms with E-state index >= 15 is 0 Å². The Morgan fingerprint density at radius 2 is 1.88 bits per heavy atom. The fourth-order valence-electron chi connectivity index (χ4n) is 4.93. The molecule has 0 saturated carbocycles. The summed E-state index contributed by atoms with van der Waals surface area (Å²) in [7, 11) is 0. The number of hydrogen-bond donors (Lipinski definition) is 2. The van der Waals surface area contributed by atoms with E-state index in [9.17, 15) is 46.2 Å². The molecule has 0 radical (unpaired) electrons. The summed E-state index contributed by atoms with van der Waals surface area (Å²) in [4.78, 5) is 53.0. The Morgan fingerprint density at radius 1 is 1.23 bits per heavy atom. The van der Waals surface area contributed by atoms with Gasteiger partial charge in [-0.1, -0.05) is 0 Å². The van der Waals surface area contributed by atoms with Gasteiger partial charge in [0.2, 0.25) is 0 Å². The van der Waals surface area contributed by atoms with Crippen molar-refractivity contribution in [1.82, 2.24) is 15.1 Å². The molecule has 3 rings (SSSR count). The number of nitrogens with zero attached hydrogens (tertiary/aromatic N) is 3. The molecule has 2 heterocycles. The first-order valence-corrected chi connectivity index (χ1v) is 12.6. The van der Waals surface area contributed by atoms with E-state index in [0.29, 0.717) is 18.9 Å². The number of alkyl halides is 5. The molecule has 0 aliphatic carbocycles. The SMILES string of the molecule is CC(C)N(C(=O)c1cc2c(cc1C(F)(F)F)OC(C)(C)C(=O)N2CCNC(=O)C(F)F)[C@@H]1CCCN(C(=O)O)C1. The maximum absolute atomic E-state index is 14.3.